The summed E-state index contributed by atoms with van der Waals surface area (Å²) in [6.07, 6.45) is 26.5. The second-order valence-electron chi connectivity index (χ2n) is 29.0. The highest BCUT2D eigenvalue weighted by Crippen LogP contribution is 2.38. The summed E-state index contributed by atoms with van der Waals surface area (Å²) in [4.78, 5) is 5.24. The Balaban J connectivity index is 0.000000132. The summed E-state index contributed by atoms with van der Waals surface area (Å²) in [5.74, 6) is 0. The van der Waals surface area contributed by atoms with Crippen LogP contribution in [0.4, 0.5) is 0 Å². The van der Waals surface area contributed by atoms with Crippen LogP contribution in [0, 0.1) is 41.5 Å². The molecule has 0 bridgehead atoms. The highest BCUT2D eigenvalue weighted by molar-refractivity contribution is 7.13. The molecule has 5 heterocycles. The first kappa shape index (κ1) is 74.6. The molecule has 5 heteroatoms. The number of nitrogens with zero attached hydrogens (tertiary/aromatic N) is 3. The number of hydrogen-bond acceptors (Lipinski definition) is 2. The van der Waals surface area contributed by atoms with Crippen molar-refractivity contribution in [2.24, 2.45) is 0 Å². The van der Waals surface area contributed by atoms with E-state index in [1.807, 2.05) is 22.7 Å². The minimum Gasteiger partial charge on any atom is -0.336 e. The van der Waals surface area contributed by atoms with Crippen LogP contribution < -0.4 is 0 Å². The lowest BCUT2D eigenvalue weighted by Crippen LogP contribution is -1.99. The summed E-state index contributed by atoms with van der Waals surface area (Å²) in [5, 5.41) is 7.70. The Hall–Kier alpha value is -12.9. The monoisotopic (exact) mass is 1480 g/mol. The van der Waals surface area contributed by atoms with E-state index in [1.54, 1.807) is 0 Å². The van der Waals surface area contributed by atoms with Crippen LogP contribution in [0.15, 0.2) is 322 Å². The minimum atomic E-state index is 0. The molecule has 0 radical (unpaired) electrons. The largest absolute Gasteiger partial charge is 0.336 e. The zero-order valence-electron chi connectivity index (χ0n) is 63.6. The molecule has 18 rings (SSSR count). The van der Waals surface area contributed by atoms with E-state index in [9.17, 15) is 0 Å². The number of para-hydroxylation sites is 1. The van der Waals surface area contributed by atoms with Crippen molar-refractivity contribution in [2.45, 2.75) is 62.1 Å². The van der Waals surface area contributed by atoms with Gasteiger partial charge in [-0.15, -0.1) is 22.7 Å². The van der Waals surface area contributed by atoms with Gasteiger partial charge in [-0.2, -0.15) is 0 Å². The molecule has 546 valence electrons. The molecule has 0 amide bonds. The lowest BCUT2D eigenvalue weighted by molar-refractivity contribution is 0.869. The molecule has 0 saturated heterocycles. The molecule has 0 aliphatic rings. The number of thiophene rings is 2. The lowest BCUT2D eigenvalue weighted by atomic mass is 10.0. The van der Waals surface area contributed by atoms with Crippen LogP contribution in [0.2, 0.25) is 0 Å². The molecule has 0 aliphatic carbocycles. The van der Waals surface area contributed by atoms with Crippen molar-refractivity contribution in [1.29, 1.82) is 0 Å². The molecule has 0 saturated carbocycles. The molecule has 0 atom stereocenters. The number of rotatable bonds is 17. The fraction of sp³-hybridized carbons (Fsp3) is 0.0841. The summed E-state index contributed by atoms with van der Waals surface area (Å²) >= 11 is 3.65. The SMILES string of the molecule is C.Cc1ccc(/C=C/c2ccc3c(c2)c2cc(/C=C/c4ccc(C)cc4)ccc2n3Cc2ccccc2)cc1.Cc1ccc(/C=C/c2ccc3c4ccc(/C=C/c5ccc(C)cc5)cc4n(Cc4ccccc4)c3c2)cc1.Cc1ccc(/C=C/c2ccc3c4ccc(/C=C/c5ccc(C)s5)cc4n(-c4ccccc4)c3c2)s1. The Labute approximate surface area is 667 Å². The Morgan fingerprint density at radius 1 is 0.223 bits per heavy atom. The lowest BCUT2D eigenvalue weighted by Gasteiger charge is -2.09. The first-order chi connectivity index (χ1) is 54.4. The molecule has 13 aromatic carbocycles. The molecule has 5 aromatic heterocycles. The van der Waals surface area contributed by atoms with E-state index in [4.69, 9.17) is 0 Å². The molecular weight excluding hydrogens is 1390 g/mol. The maximum absolute atomic E-state index is 2.46. The zero-order chi connectivity index (χ0) is 75.6. The minimum absolute atomic E-state index is 0. The quantitative estimate of drug-likeness (QED) is 0.0807. The number of fused-ring (bicyclic) bond motifs is 9. The smallest absolute Gasteiger partial charge is 0.0547 e. The molecule has 0 aliphatic heterocycles. The van der Waals surface area contributed by atoms with E-state index in [2.05, 4.69) is 450 Å². The summed E-state index contributed by atoms with van der Waals surface area (Å²) in [6.45, 7) is 14.5. The summed E-state index contributed by atoms with van der Waals surface area (Å²) in [7, 11) is 0. The van der Waals surface area contributed by atoms with Crippen molar-refractivity contribution < 1.29 is 0 Å². The van der Waals surface area contributed by atoms with E-state index >= 15 is 0 Å². The van der Waals surface area contributed by atoms with Crippen LogP contribution in [0.3, 0.4) is 0 Å². The van der Waals surface area contributed by atoms with Gasteiger partial charge in [0.05, 0.1) is 22.1 Å². The second kappa shape index (κ2) is 34.3. The van der Waals surface area contributed by atoms with E-state index in [0.717, 1.165) is 13.1 Å². The fourth-order valence-electron chi connectivity index (χ4n) is 14.6. The molecule has 0 fully saturated rings. The summed E-state index contributed by atoms with van der Waals surface area (Å²) < 4.78 is 7.30. The van der Waals surface area contributed by atoms with Gasteiger partial charge in [0, 0.05) is 81.6 Å². The molecule has 0 spiro atoms. The van der Waals surface area contributed by atoms with Crippen molar-refractivity contribution >= 4 is 161 Å². The average Bonchev–Trinajstić information content (AvgIpc) is 1.87. The molecular formula is C107H91N3S2. The normalized spacial score (nSPS) is 11.8. The predicted molar refractivity (Wildman–Crippen MR) is 494 cm³/mol. The van der Waals surface area contributed by atoms with Gasteiger partial charge in [0.1, 0.15) is 0 Å². The van der Waals surface area contributed by atoms with E-state index in [1.165, 1.54) is 180 Å². The third kappa shape index (κ3) is 17.7. The highest BCUT2D eigenvalue weighted by Gasteiger charge is 2.17. The first-order valence-electron chi connectivity index (χ1n) is 38.2. The maximum atomic E-state index is 2.46. The molecule has 0 N–H and O–H groups in total. The van der Waals surface area contributed by atoms with Crippen LogP contribution in [0.5, 0.6) is 0 Å². The van der Waals surface area contributed by atoms with E-state index in [-0.39, 0.29) is 7.43 Å². The number of aromatic nitrogens is 3. The van der Waals surface area contributed by atoms with Crippen molar-refractivity contribution in [1.82, 2.24) is 13.7 Å². The van der Waals surface area contributed by atoms with Gasteiger partial charge in [-0.25, -0.2) is 0 Å². The Morgan fingerprint density at radius 2 is 0.491 bits per heavy atom. The Morgan fingerprint density at radius 3 is 0.821 bits per heavy atom. The van der Waals surface area contributed by atoms with Crippen molar-refractivity contribution in [3.05, 3.63) is 430 Å². The second-order valence-corrected chi connectivity index (χ2v) is 31.7. The highest BCUT2D eigenvalue weighted by atomic mass is 32.1. The van der Waals surface area contributed by atoms with Gasteiger partial charge in [-0.1, -0.05) is 327 Å². The van der Waals surface area contributed by atoms with Gasteiger partial charge in [-0.05, 0) is 205 Å². The Kier molecular flexibility index (Phi) is 22.9. The van der Waals surface area contributed by atoms with Gasteiger partial charge in [0.2, 0.25) is 0 Å². The van der Waals surface area contributed by atoms with Crippen LogP contribution in [0.25, 0.3) is 144 Å². The van der Waals surface area contributed by atoms with Crippen LogP contribution in [-0.2, 0) is 13.1 Å². The fourth-order valence-corrected chi connectivity index (χ4v) is 16.2. The van der Waals surface area contributed by atoms with E-state index < -0.39 is 0 Å². The third-order valence-corrected chi connectivity index (χ3v) is 22.5. The van der Waals surface area contributed by atoms with Gasteiger partial charge in [0.25, 0.3) is 0 Å². The van der Waals surface area contributed by atoms with Crippen molar-refractivity contribution in [3.63, 3.8) is 0 Å². The van der Waals surface area contributed by atoms with Crippen LogP contribution in [-0.4, -0.2) is 13.7 Å². The molecule has 112 heavy (non-hydrogen) atoms. The van der Waals surface area contributed by atoms with Gasteiger partial charge in [-0.3, -0.25) is 0 Å². The van der Waals surface area contributed by atoms with Crippen molar-refractivity contribution in [3.8, 4) is 5.69 Å². The Bertz CT molecular complexity index is 6170. The van der Waals surface area contributed by atoms with Gasteiger partial charge >= 0.3 is 0 Å². The summed E-state index contributed by atoms with van der Waals surface area (Å²) in [5.41, 5.74) is 28.5. The topological polar surface area (TPSA) is 14.8 Å². The predicted octanol–water partition coefficient (Wildman–Crippen LogP) is 30.1. The van der Waals surface area contributed by atoms with Gasteiger partial charge < -0.3 is 13.7 Å². The van der Waals surface area contributed by atoms with Crippen LogP contribution in [0.1, 0.15) is 116 Å². The molecule has 18 aromatic rings. The number of aryl methyl sites for hydroxylation is 6. The van der Waals surface area contributed by atoms with Gasteiger partial charge in [0.15, 0.2) is 0 Å². The van der Waals surface area contributed by atoms with Crippen molar-refractivity contribution in [2.75, 3.05) is 0 Å². The molecule has 3 nitrogen and oxygen atoms in total. The average molecular weight is 1480 g/mol. The standard InChI is InChI=1S/2C37H31N.C32H25NS2.CH4/c1-27-8-12-29(13-9-27)16-18-31-20-22-36-34(24-31)35-25-32(19-17-30-14-10-28(2)11-15-30)21-23-37(35)38(36)26-33-6-4-3-5-7-33;1-27-8-12-29(13-9-27)16-18-31-20-22-34-35-23-21-32(19-17-30-14-10-28(2)11-15-30)25-37(35)38(36(34)24-31)26-33-6-4-3-5-7-33;1-22-8-14-27(34-22)16-10-24-12-18-29-30-19-13-25(11-17-28-15-9-23(2)35-28)21-32(30)33(31(29)20-24)26-6-4-3-5-7-26;/h2*3-25H,26H2,1-2H3;3-21H,1-2H3;1H4/b2*18-16+,19-17+;16-10+,17-11+;. The van der Waals surface area contributed by atoms with Crippen LogP contribution >= 0.6 is 22.7 Å². The molecule has 0 unspecified atom stereocenters. The number of benzene rings is 13. The third-order valence-electron chi connectivity index (χ3n) is 20.6. The summed E-state index contributed by atoms with van der Waals surface area (Å²) in [6, 6.07) is 116. The zero-order valence-corrected chi connectivity index (χ0v) is 65.2. The number of hydrogen-bond donors (Lipinski definition) is 0. The maximum Gasteiger partial charge on any atom is 0.0547 e. The first-order valence-corrected chi connectivity index (χ1v) is 39.8. The van der Waals surface area contributed by atoms with E-state index in [0.29, 0.717) is 0 Å².